The molecule has 0 bridgehead atoms. The Bertz CT molecular complexity index is 272. The highest BCUT2D eigenvalue weighted by Gasteiger charge is 1.94. The number of hydrogen-bond acceptors (Lipinski definition) is 0. The van der Waals surface area contributed by atoms with Crippen molar-refractivity contribution in [3.8, 4) is 0 Å². The van der Waals surface area contributed by atoms with Crippen LogP contribution in [0.25, 0.3) is 0 Å². The van der Waals surface area contributed by atoms with Crippen LogP contribution in [0.4, 0.5) is 0 Å². The van der Waals surface area contributed by atoms with Gasteiger partial charge in [0.2, 0.25) is 0 Å². The van der Waals surface area contributed by atoms with Gasteiger partial charge >= 0.3 is 0 Å². The van der Waals surface area contributed by atoms with Gasteiger partial charge in [-0.15, -0.1) is 6.58 Å². The summed E-state index contributed by atoms with van der Waals surface area (Å²) in [7, 11) is 0. The third-order valence-corrected chi connectivity index (χ3v) is 2.67. The van der Waals surface area contributed by atoms with Gasteiger partial charge in [0.15, 0.2) is 0 Å². The monoisotopic (exact) mass is 238 g/mol. The smallest absolute Gasteiger partial charge is 0.0283 e. The molecule has 0 aliphatic heterocycles. The standard InChI is InChI=1S/C12H15Br/c1-10(2)3-4-11-5-7-12(9-13)8-6-11/h5-8H,1,3-4,9H2,2H3. The molecule has 0 saturated carbocycles. The van der Waals surface area contributed by atoms with Crippen molar-refractivity contribution in [3.63, 3.8) is 0 Å². The van der Waals surface area contributed by atoms with E-state index >= 15 is 0 Å². The van der Waals surface area contributed by atoms with E-state index in [1.807, 2.05) is 0 Å². The molecule has 0 nitrogen and oxygen atoms in total. The summed E-state index contributed by atoms with van der Waals surface area (Å²) in [5, 5.41) is 0.938. The molecule has 0 radical (unpaired) electrons. The van der Waals surface area contributed by atoms with Crippen LogP contribution in [0, 0.1) is 0 Å². The van der Waals surface area contributed by atoms with Gasteiger partial charge in [-0.3, -0.25) is 0 Å². The van der Waals surface area contributed by atoms with Crippen LogP contribution >= 0.6 is 15.9 Å². The van der Waals surface area contributed by atoms with E-state index < -0.39 is 0 Å². The minimum atomic E-state index is 0.938. The molecule has 0 unspecified atom stereocenters. The number of hydrogen-bond donors (Lipinski definition) is 0. The predicted octanol–water partition coefficient (Wildman–Crippen LogP) is 4.09. The summed E-state index contributed by atoms with van der Waals surface area (Å²) in [6.07, 6.45) is 2.20. The second-order valence-electron chi connectivity index (χ2n) is 3.41. The Morgan fingerprint density at radius 2 is 1.77 bits per heavy atom. The van der Waals surface area contributed by atoms with Crippen molar-refractivity contribution in [3.05, 3.63) is 47.5 Å². The van der Waals surface area contributed by atoms with Gasteiger partial charge in [-0.25, -0.2) is 0 Å². The molecule has 0 fully saturated rings. The first-order chi connectivity index (χ1) is 6.22. The van der Waals surface area contributed by atoms with Crippen molar-refractivity contribution in [2.75, 3.05) is 0 Å². The van der Waals surface area contributed by atoms with Crippen LogP contribution in [0.1, 0.15) is 24.5 Å². The maximum atomic E-state index is 3.90. The summed E-state index contributed by atoms with van der Waals surface area (Å²) in [5.74, 6) is 0. The molecule has 1 heteroatoms. The molecule has 0 saturated heterocycles. The van der Waals surface area contributed by atoms with E-state index in [0.29, 0.717) is 0 Å². The fourth-order valence-corrected chi connectivity index (χ4v) is 1.53. The number of halogens is 1. The maximum absolute atomic E-state index is 3.90. The zero-order valence-electron chi connectivity index (χ0n) is 8.02. The maximum Gasteiger partial charge on any atom is 0.0283 e. The van der Waals surface area contributed by atoms with Gasteiger partial charge in [-0.05, 0) is 30.9 Å². The minimum Gasteiger partial charge on any atom is -0.100 e. The third kappa shape index (κ3) is 3.77. The van der Waals surface area contributed by atoms with E-state index in [2.05, 4.69) is 53.7 Å². The summed E-state index contributed by atoms with van der Waals surface area (Å²) < 4.78 is 0. The Balaban J connectivity index is 2.54. The molecule has 0 aromatic heterocycles. The number of rotatable bonds is 4. The summed E-state index contributed by atoms with van der Waals surface area (Å²) in [6.45, 7) is 5.97. The fraction of sp³-hybridized carbons (Fsp3) is 0.333. The van der Waals surface area contributed by atoms with Gasteiger partial charge in [-0.2, -0.15) is 0 Å². The Kier molecular flexibility index (Phi) is 4.23. The number of alkyl halides is 1. The molecule has 0 amide bonds. The molecule has 0 spiro atoms. The zero-order valence-corrected chi connectivity index (χ0v) is 9.60. The summed E-state index contributed by atoms with van der Waals surface area (Å²) in [5.41, 5.74) is 3.98. The molecule has 13 heavy (non-hydrogen) atoms. The first kappa shape index (κ1) is 10.5. The van der Waals surface area contributed by atoms with Crippen LogP contribution in [0.2, 0.25) is 0 Å². The molecular weight excluding hydrogens is 224 g/mol. The van der Waals surface area contributed by atoms with Crippen molar-refractivity contribution in [1.82, 2.24) is 0 Å². The first-order valence-corrected chi connectivity index (χ1v) is 5.62. The van der Waals surface area contributed by atoms with Crippen LogP contribution in [0.3, 0.4) is 0 Å². The van der Waals surface area contributed by atoms with Crippen LogP contribution in [0.15, 0.2) is 36.4 Å². The molecule has 0 N–H and O–H groups in total. The van der Waals surface area contributed by atoms with E-state index in [9.17, 15) is 0 Å². The van der Waals surface area contributed by atoms with Crippen molar-refractivity contribution < 1.29 is 0 Å². The largest absolute Gasteiger partial charge is 0.100 e. The van der Waals surface area contributed by atoms with Gasteiger partial charge in [-0.1, -0.05) is 45.8 Å². The quantitative estimate of drug-likeness (QED) is 0.548. The van der Waals surface area contributed by atoms with E-state index in [0.717, 1.165) is 18.2 Å². The molecular formula is C12H15Br. The first-order valence-electron chi connectivity index (χ1n) is 4.50. The third-order valence-electron chi connectivity index (χ3n) is 2.02. The average molecular weight is 239 g/mol. The molecule has 0 aliphatic rings. The zero-order chi connectivity index (χ0) is 9.68. The SMILES string of the molecule is C=C(C)CCc1ccc(CBr)cc1. The molecule has 0 aliphatic carbocycles. The lowest BCUT2D eigenvalue weighted by Gasteiger charge is -2.01. The Labute approximate surface area is 88.8 Å². The Morgan fingerprint density at radius 3 is 2.23 bits per heavy atom. The van der Waals surface area contributed by atoms with Gasteiger partial charge in [0, 0.05) is 5.33 Å². The molecule has 0 atom stereocenters. The highest BCUT2D eigenvalue weighted by Crippen LogP contribution is 2.11. The second-order valence-corrected chi connectivity index (χ2v) is 3.97. The molecule has 1 aromatic rings. The molecule has 1 rings (SSSR count). The van der Waals surface area contributed by atoms with Gasteiger partial charge in [0.1, 0.15) is 0 Å². The summed E-state index contributed by atoms with van der Waals surface area (Å²) in [6, 6.07) is 8.73. The molecule has 70 valence electrons. The van der Waals surface area contributed by atoms with Crippen LogP contribution in [0.5, 0.6) is 0 Å². The fourth-order valence-electron chi connectivity index (χ4n) is 1.15. The topological polar surface area (TPSA) is 0 Å². The predicted molar refractivity (Wildman–Crippen MR) is 62.2 cm³/mol. The lowest BCUT2D eigenvalue weighted by molar-refractivity contribution is 0.945. The van der Waals surface area contributed by atoms with E-state index in [1.165, 1.54) is 16.7 Å². The van der Waals surface area contributed by atoms with Crippen molar-refractivity contribution >= 4 is 15.9 Å². The summed E-state index contributed by atoms with van der Waals surface area (Å²) >= 11 is 3.43. The van der Waals surface area contributed by atoms with E-state index in [4.69, 9.17) is 0 Å². The van der Waals surface area contributed by atoms with Crippen molar-refractivity contribution in [1.29, 1.82) is 0 Å². The second kappa shape index (κ2) is 5.23. The van der Waals surface area contributed by atoms with Crippen LogP contribution < -0.4 is 0 Å². The minimum absolute atomic E-state index is 0.938. The van der Waals surface area contributed by atoms with E-state index in [-0.39, 0.29) is 0 Å². The van der Waals surface area contributed by atoms with Gasteiger partial charge in [0.05, 0.1) is 0 Å². The normalized spacial score (nSPS) is 10.0. The van der Waals surface area contributed by atoms with Gasteiger partial charge in [0.25, 0.3) is 0 Å². The number of aryl methyl sites for hydroxylation is 1. The van der Waals surface area contributed by atoms with Crippen LogP contribution in [-0.4, -0.2) is 0 Å². The van der Waals surface area contributed by atoms with Gasteiger partial charge < -0.3 is 0 Å². The highest BCUT2D eigenvalue weighted by atomic mass is 79.9. The number of benzene rings is 1. The lowest BCUT2D eigenvalue weighted by atomic mass is 10.1. The van der Waals surface area contributed by atoms with Crippen molar-refractivity contribution in [2.45, 2.75) is 25.1 Å². The van der Waals surface area contributed by atoms with Crippen molar-refractivity contribution in [2.24, 2.45) is 0 Å². The Hall–Kier alpha value is -0.560. The Morgan fingerprint density at radius 1 is 1.23 bits per heavy atom. The number of allylic oxidation sites excluding steroid dienone is 1. The molecule has 1 aromatic carbocycles. The molecule has 0 heterocycles. The van der Waals surface area contributed by atoms with E-state index in [1.54, 1.807) is 0 Å². The lowest BCUT2D eigenvalue weighted by Crippen LogP contribution is -1.86. The average Bonchev–Trinajstić information content (AvgIpc) is 2.15. The highest BCUT2D eigenvalue weighted by molar-refractivity contribution is 9.08. The van der Waals surface area contributed by atoms with Crippen LogP contribution in [-0.2, 0) is 11.8 Å². The summed E-state index contributed by atoms with van der Waals surface area (Å²) in [4.78, 5) is 0.